The van der Waals surface area contributed by atoms with Gasteiger partial charge >= 0.3 is 6.18 Å². The van der Waals surface area contributed by atoms with Crippen molar-refractivity contribution in [2.75, 3.05) is 4.90 Å². The van der Waals surface area contributed by atoms with Crippen molar-refractivity contribution >= 4 is 17.3 Å². The fraction of sp³-hybridized carbons (Fsp3) is 0.158. The van der Waals surface area contributed by atoms with Gasteiger partial charge in [0.15, 0.2) is 0 Å². The highest BCUT2D eigenvalue weighted by Gasteiger charge is 2.33. The molecular formula is C19H15ClF3N3. The second-order valence-corrected chi connectivity index (χ2v) is 6.07. The van der Waals surface area contributed by atoms with Gasteiger partial charge in [0.05, 0.1) is 35.1 Å². The maximum Gasteiger partial charge on any atom is 0.417 e. The second-order valence-electron chi connectivity index (χ2n) is 5.66. The Morgan fingerprint density at radius 1 is 0.846 bits per heavy atom. The number of anilines is 1. The van der Waals surface area contributed by atoms with E-state index in [1.54, 1.807) is 35.5 Å². The summed E-state index contributed by atoms with van der Waals surface area (Å²) in [6.45, 7) is 0.687. The van der Waals surface area contributed by atoms with Gasteiger partial charge in [-0.3, -0.25) is 9.97 Å². The number of hydrogen-bond donors (Lipinski definition) is 0. The molecule has 0 unspecified atom stereocenters. The van der Waals surface area contributed by atoms with Crippen LogP contribution in [0.2, 0.25) is 5.02 Å². The Kier molecular flexibility index (Phi) is 5.42. The summed E-state index contributed by atoms with van der Waals surface area (Å²) in [5.74, 6) is 0. The Balaban J connectivity index is 1.97. The van der Waals surface area contributed by atoms with Crippen molar-refractivity contribution in [3.8, 4) is 0 Å². The number of pyridine rings is 2. The van der Waals surface area contributed by atoms with Crippen molar-refractivity contribution in [3.05, 3.63) is 89.0 Å². The van der Waals surface area contributed by atoms with Crippen LogP contribution in [-0.2, 0) is 19.3 Å². The molecule has 7 heteroatoms. The van der Waals surface area contributed by atoms with E-state index < -0.39 is 11.7 Å². The third kappa shape index (κ3) is 4.52. The van der Waals surface area contributed by atoms with Gasteiger partial charge < -0.3 is 4.90 Å². The van der Waals surface area contributed by atoms with E-state index in [0.29, 0.717) is 18.8 Å². The van der Waals surface area contributed by atoms with E-state index in [0.717, 1.165) is 17.5 Å². The van der Waals surface area contributed by atoms with Gasteiger partial charge in [0, 0.05) is 18.1 Å². The Hall–Kier alpha value is -2.60. The van der Waals surface area contributed by atoms with Crippen molar-refractivity contribution in [1.29, 1.82) is 0 Å². The van der Waals surface area contributed by atoms with Crippen LogP contribution < -0.4 is 4.90 Å². The fourth-order valence-electron chi connectivity index (χ4n) is 2.54. The SMILES string of the molecule is FC(F)(F)c1cc(N(Cc2ccccn2)Cc2ccccn2)ccc1Cl. The zero-order chi connectivity index (χ0) is 18.6. The fourth-order valence-corrected chi connectivity index (χ4v) is 2.76. The molecule has 0 bridgehead atoms. The first-order valence-electron chi connectivity index (χ1n) is 7.85. The van der Waals surface area contributed by atoms with E-state index in [4.69, 9.17) is 11.6 Å². The third-order valence-corrected chi connectivity index (χ3v) is 4.11. The molecule has 1 aromatic carbocycles. The van der Waals surface area contributed by atoms with Crippen molar-refractivity contribution < 1.29 is 13.2 Å². The molecular weight excluding hydrogens is 363 g/mol. The second kappa shape index (κ2) is 7.74. The zero-order valence-corrected chi connectivity index (χ0v) is 14.4. The molecule has 2 aromatic heterocycles. The van der Waals surface area contributed by atoms with Crippen LogP contribution in [0.4, 0.5) is 18.9 Å². The highest BCUT2D eigenvalue weighted by molar-refractivity contribution is 6.31. The summed E-state index contributed by atoms with van der Waals surface area (Å²) in [5.41, 5.74) is 1.03. The van der Waals surface area contributed by atoms with Crippen LogP contribution >= 0.6 is 11.6 Å². The first kappa shape index (κ1) is 18.2. The molecule has 0 saturated carbocycles. The summed E-state index contributed by atoms with van der Waals surface area (Å²) < 4.78 is 39.7. The van der Waals surface area contributed by atoms with E-state index in [1.807, 2.05) is 24.3 Å². The highest BCUT2D eigenvalue weighted by Crippen LogP contribution is 2.37. The lowest BCUT2D eigenvalue weighted by molar-refractivity contribution is -0.137. The highest BCUT2D eigenvalue weighted by atomic mass is 35.5. The molecule has 0 amide bonds. The number of alkyl halides is 3. The normalized spacial score (nSPS) is 11.4. The van der Waals surface area contributed by atoms with Crippen LogP contribution in [-0.4, -0.2) is 9.97 Å². The standard InChI is InChI=1S/C19H15ClF3N3/c20-18-8-7-16(11-17(18)19(21,22)23)26(12-14-5-1-3-9-24-14)13-15-6-2-4-10-25-15/h1-11H,12-13H2. The molecule has 3 nitrogen and oxygen atoms in total. The van der Waals surface area contributed by atoms with Crippen LogP contribution in [0.1, 0.15) is 17.0 Å². The van der Waals surface area contributed by atoms with E-state index in [-0.39, 0.29) is 5.02 Å². The van der Waals surface area contributed by atoms with Gasteiger partial charge in [0.25, 0.3) is 0 Å². The van der Waals surface area contributed by atoms with Crippen molar-refractivity contribution in [1.82, 2.24) is 9.97 Å². The van der Waals surface area contributed by atoms with E-state index in [1.165, 1.54) is 6.07 Å². The van der Waals surface area contributed by atoms with Crippen LogP contribution in [0.5, 0.6) is 0 Å². The summed E-state index contributed by atoms with van der Waals surface area (Å²) in [5, 5.41) is -0.322. The molecule has 0 spiro atoms. The lowest BCUT2D eigenvalue weighted by Crippen LogP contribution is -2.23. The van der Waals surface area contributed by atoms with Crippen LogP contribution in [0, 0.1) is 0 Å². The molecule has 0 radical (unpaired) electrons. The predicted octanol–water partition coefficient (Wildman–Crippen LogP) is 5.36. The molecule has 0 aliphatic rings. The van der Waals surface area contributed by atoms with Gasteiger partial charge in [-0.05, 0) is 42.5 Å². The minimum atomic E-state index is -4.52. The minimum Gasteiger partial charge on any atom is -0.360 e. The summed E-state index contributed by atoms with van der Waals surface area (Å²) >= 11 is 5.74. The lowest BCUT2D eigenvalue weighted by Gasteiger charge is -2.25. The molecule has 0 aliphatic heterocycles. The molecule has 0 saturated heterocycles. The Morgan fingerprint density at radius 3 is 1.88 bits per heavy atom. The van der Waals surface area contributed by atoms with Crippen molar-refractivity contribution in [3.63, 3.8) is 0 Å². The van der Waals surface area contributed by atoms with Gasteiger partial charge in [-0.2, -0.15) is 13.2 Å². The molecule has 2 heterocycles. The number of benzene rings is 1. The topological polar surface area (TPSA) is 29.0 Å². The smallest absolute Gasteiger partial charge is 0.360 e. The van der Waals surface area contributed by atoms with E-state index in [2.05, 4.69) is 9.97 Å². The number of rotatable bonds is 5. The van der Waals surface area contributed by atoms with Gasteiger partial charge in [-0.15, -0.1) is 0 Å². The average molecular weight is 378 g/mol. The molecule has 3 aromatic rings. The first-order chi connectivity index (χ1) is 12.4. The summed E-state index contributed by atoms with van der Waals surface area (Å²) in [6, 6.07) is 14.8. The maximum atomic E-state index is 13.2. The summed E-state index contributed by atoms with van der Waals surface area (Å²) in [7, 11) is 0. The molecule has 26 heavy (non-hydrogen) atoms. The van der Waals surface area contributed by atoms with Crippen molar-refractivity contribution in [2.45, 2.75) is 19.3 Å². The predicted molar refractivity (Wildman–Crippen MR) is 94.8 cm³/mol. The molecule has 0 aliphatic carbocycles. The summed E-state index contributed by atoms with van der Waals surface area (Å²) in [4.78, 5) is 10.3. The quantitative estimate of drug-likeness (QED) is 0.599. The van der Waals surface area contributed by atoms with Gasteiger partial charge in [0.2, 0.25) is 0 Å². The minimum absolute atomic E-state index is 0.322. The Bertz CT molecular complexity index is 813. The van der Waals surface area contributed by atoms with Gasteiger partial charge in [-0.1, -0.05) is 23.7 Å². The third-order valence-electron chi connectivity index (χ3n) is 3.78. The number of nitrogens with zero attached hydrogens (tertiary/aromatic N) is 3. The van der Waals surface area contributed by atoms with Crippen LogP contribution in [0.25, 0.3) is 0 Å². The van der Waals surface area contributed by atoms with Gasteiger partial charge in [-0.25, -0.2) is 0 Å². The molecule has 0 N–H and O–H groups in total. The van der Waals surface area contributed by atoms with Crippen molar-refractivity contribution in [2.24, 2.45) is 0 Å². The lowest BCUT2D eigenvalue weighted by atomic mass is 10.1. The largest absolute Gasteiger partial charge is 0.417 e. The maximum absolute atomic E-state index is 13.2. The van der Waals surface area contributed by atoms with Gasteiger partial charge in [0.1, 0.15) is 0 Å². The van der Waals surface area contributed by atoms with E-state index >= 15 is 0 Å². The molecule has 3 rings (SSSR count). The average Bonchev–Trinajstić information content (AvgIpc) is 2.62. The number of halogens is 4. The van der Waals surface area contributed by atoms with Crippen LogP contribution in [0.3, 0.4) is 0 Å². The van der Waals surface area contributed by atoms with E-state index in [9.17, 15) is 13.2 Å². The molecule has 0 fully saturated rings. The first-order valence-corrected chi connectivity index (χ1v) is 8.23. The molecule has 134 valence electrons. The van der Waals surface area contributed by atoms with Crippen LogP contribution in [0.15, 0.2) is 67.0 Å². The molecule has 0 atom stereocenters. The monoisotopic (exact) mass is 377 g/mol. The Morgan fingerprint density at radius 2 is 1.42 bits per heavy atom. The summed E-state index contributed by atoms with van der Waals surface area (Å²) in [6.07, 6.45) is -1.22. The Labute approximate surface area is 154 Å². The zero-order valence-electron chi connectivity index (χ0n) is 13.6. The number of hydrogen-bond acceptors (Lipinski definition) is 3. The number of aromatic nitrogens is 2.